The number of fused-ring (bicyclic) bond motifs is 1. The molecule has 0 amide bonds. The first kappa shape index (κ1) is 12.3. The van der Waals surface area contributed by atoms with E-state index in [2.05, 4.69) is 10.3 Å². The third-order valence-corrected chi connectivity index (χ3v) is 3.50. The van der Waals surface area contributed by atoms with Crippen molar-refractivity contribution in [1.29, 1.82) is 0 Å². The molecule has 2 heterocycles. The third-order valence-electron chi connectivity index (χ3n) is 3.20. The van der Waals surface area contributed by atoms with E-state index in [0.29, 0.717) is 10.6 Å². The maximum absolute atomic E-state index is 6.14. The molecule has 0 radical (unpaired) electrons. The first-order valence-electron chi connectivity index (χ1n) is 6.03. The molecule has 2 aromatic heterocycles. The number of halogens is 1. The lowest BCUT2D eigenvalue weighted by Crippen LogP contribution is -2.20. The first-order valence-corrected chi connectivity index (χ1v) is 6.41. The van der Waals surface area contributed by atoms with Gasteiger partial charge in [0.15, 0.2) is 5.58 Å². The van der Waals surface area contributed by atoms with E-state index in [0.717, 1.165) is 17.0 Å². The molecule has 1 N–H and O–H groups in total. The van der Waals surface area contributed by atoms with Crippen LogP contribution < -0.4 is 5.32 Å². The third kappa shape index (κ3) is 2.03. The number of rotatable bonds is 3. The predicted octanol–water partition coefficient (Wildman–Crippen LogP) is 3.13. The molecule has 0 aliphatic rings. The minimum absolute atomic E-state index is 0.0940. The Balaban J connectivity index is 2.12. The van der Waals surface area contributed by atoms with Gasteiger partial charge in [-0.2, -0.15) is 0 Å². The number of nitrogens with one attached hydrogen (secondary N) is 1. The van der Waals surface area contributed by atoms with Crippen molar-refractivity contribution in [1.82, 2.24) is 14.9 Å². The molecule has 0 aliphatic carbocycles. The van der Waals surface area contributed by atoms with Crippen LogP contribution in [0.3, 0.4) is 0 Å². The molecular formula is C14H14ClN3O. The molecule has 0 spiro atoms. The van der Waals surface area contributed by atoms with Crippen molar-refractivity contribution >= 4 is 22.6 Å². The van der Waals surface area contributed by atoms with Gasteiger partial charge in [-0.25, -0.2) is 4.98 Å². The molecule has 3 aromatic rings. The van der Waals surface area contributed by atoms with Gasteiger partial charge in [0.05, 0.1) is 5.02 Å². The Morgan fingerprint density at radius 1 is 1.42 bits per heavy atom. The molecule has 3 rings (SSSR count). The molecule has 0 aliphatic heterocycles. The zero-order chi connectivity index (χ0) is 13.4. The highest BCUT2D eigenvalue weighted by molar-refractivity contribution is 6.34. The van der Waals surface area contributed by atoms with E-state index in [-0.39, 0.29) is 6.04 Å². The van der Waals surface area contributed by atoms with Crippen molar-refractivity contribution < 1.29 is 4.42 Å². The second-order valence-electron chi connectivity index (χ2n) is 4.42. The molecule has 1 unspecified atom stereocenters. The second-order valence-corrected chi connectivity index (χ2v) is 4.83. The normalized spacial score (nSPS) is 13.0. The smallest absolute Gasteiger partial charge is 0.152 e. The molecule has 0 fully saturated rings. The Bertz CT molecular complexity index is 716. The fraction of sp³-hybridized carbons (Fsp3) is 0.214. The average Bonchev–Trinajstić information content (AvgIpc) is 2.99. The van der Waals surface area contributed by atoms with Gasteiger partial charge in [0, 0.05) is 24.8 Å². The first-order chi connectivity index (χ1) is 9.20. The molecular weight excluding hydrogens is 262 g/mol. The molecule has 0 saturated carbocycles. The van der Waals surface area contributed by atoms with E-state index < -0.39 is 0 Å². The zero-order valence-electron chi connectivity index (χ0n) is 10.7. The number of aromatic nitrogens is 2. The van der Waals surface area contributed by atoms with Crippen LogP contribution in [0.25, 0.3) is 11.0 Å². The highest BCUT2D eigenvalue weighted by Crippen LogP contribution is 2.31. The van der Waals surface area contributed by atoms with Crippen molar-refractivity contribution in [3.8, 4) is 0 Å². The van der Waals surface area contributed by atoms with Crippen molar-refractivity contribution in [2.45, 2.75) is 6.04 Å². The summed E-state index contributed by atoms with van der Waals surface area (Å²) in [5.41, 5.74) is 0.716. The largest absolute Gasteiger partial charge is 0.457 e. The van der Waals surface area contributed by atoms with Gasteiger partial charge in [-0.05, 0) is 19.2 Å². The lowest BCUT2D eigenvalue weighted by Gasteiger charge is -2.13. The van der Waals surface area contributed by atoms with Gasteiger partial charge in [0.2, 0.25) is 0 Å². The van der Waals surface area contributed by atoms with Crippen LogP contribution in [0.2, 0.25) is 5.02 Å². The zero-order valence-corrected chi connectivity index (χ0v) is 11.5. The number of para-hydroxylation sites is 1. The van der Waals surface area contributed by atoms with Crippen LogP contribution in [-0.2, 0) is 7.05 Å². The number of furan rings is 1. The van der Waals surface area contributed by atoms with Gasteiger partial charge in [-0.3, -0.25) is 0 Å². The summed E-state index contributed by atoms with van der Waals surface area (Å²) >= 11 is 6.14. The minimum atomic E-state index is -0.0940. The summed E-state index contributed by atoms with van der Waals surface area (Å²) in [6.07, 6.45) is 3.69. The Morgan fingerprint density at radius 3 is 2.89 bits per heavy atom. The predicted molar refractivity (Wildman–Crippen MR) is 75.3 cm³/mol. The van der Waals surface area contributed by atoms with E-state index in [4.69, 9.17) is 16.0 Å². The summed E-state index contributed by atoms with van der Waals surface area (Å²) in [7, 11) is 3.84. The van der Waals surface area contributed by atoms with Gasteiger partial charge in [0.25, 0.3) is 0 Å². The Labute approximate surface area is 116 Å². The molecule has 1 atom stereocenters. The van der Waals surface area contributed by atoms with Crippen molar-refractivity contribution in [3.05, 3.63) is 53.3 Å². The monoisotopic (exact) mass is 275 g/mol. The van der Waals surface area contributed by atoms with Gasteiger partial charge in [-0.15, -0.1) is 0 Å². The number of imidazole rings is 1. The van der Waals surface area contributed by atoms with Crippen molar-refractivity contribution in [2.24, 2.45) is 7.05 Å². The van der Waals surface area contributed by atoms with E-state index in [1.807, 2.05) is 49.1 Å². The lowest BCUT2D eigenvalue weighted by molar-refractivity contribution is 0.472. The molecule has 1 aromatic carbocycles. The van der Waals surface area contributed by atoms with Gasteiger partial charge in [-0.1, -0.05) is 23.7 Å². The fourth-order valence-electron chi connectivity index (χ4n) is 2.24. The maximum atomic E-state index is 6.14. The van der Waals surface area contributed by atoms with Gasteiger partial charge in [0.1, 0.15) is 17.6 Å². The van der Waals surface area contributed by atoms with Crippen molar-refractivity contribution in [3.63, 3.8) is 0 Å². The topological polar surface area (TPSA) is 43.0 Å². The van der Waals surface area contributed by atoms with Gasteiger partial charge >= 0.3 is 0 Å². The van der Waals surface area contributed by atoms with E-state index in [9.17, 15) is 0 Å². The van der Waals surface area contributed by atoms with E-state index >= 15 is 0 Å². The fourth-order valence-corrected chi connectivity index (χ4v) is 2.46. The number of aryl methyl sites for hydroxylation is 1. The highest BCUT2D eigenvalue weighted by Gasteiger charge is 2.21. The summed E-state index contributed by atoms with van der Waals surface area (Å²) < 4.78 is 7.85. The quantitative estimate of drug-likeness (QED) is 0.799. The van der Waals surface area contributed by atoms with Crippen LogP contribution >= 0.6 is 11.6 Å². The summed E-state index contributed by atoms with van der Waals surface area (Å²) in [5.74, 6) is 1.71. The minimum Gasteiger partial charge on any atom is -0.457 e. The highest BCUT2D eigenvalue weighted by atomic mass is 35.5. The van der Waals surface area contributed by atoms with Crippen LogP contribution in [0.15, 0.2) is 41.1 Å². The number of nitrogens with zero attached hydrogens (tertiary/aromatic N) is 2. The summed E-state index contributed by atoms with van der Waals surface area (Å²) in [4.78, 5) is 4.36. The number of hydrogen-bond donors (Lipinski definition) is 1. The van der Waals surface area contributed by atoms with Crippen LogP contribution in [0.1, 0.15) is 17.6 Å². The molecule has 4 nitrogen and oxygen atoms in total. The average molecular weight is 276 g/mol. The summed E-state index contributed by atoms with van der Waals surface area (Å²) in [6.45, 7) is 0. The van der Waals surface area contributed by atoms with Gasteiger partial charge < -0.3 is 14.3 Å². The van der Waals surface area contributed by atoms with E-state index in [1.165, 1.54) is 0 Å². The SMILES string of the molecule is CNC(c1cc2cccc(Cl)c2o1)c1nccn1C. The molecule has 0 saturated heterocycles. The standard InChI is InChI=1S/C14H14ClN3O/c1-16-12(14-17-6-7-18(14)2)11-8-9-4-3-5-10(15)13(9)19-11/h3-8,12,16H,1-2H3. The molecule has 19 heavy (non-hydrogen) atoms. The van der Waals surface area contributed by atoms with Crippen LogP contribution in [0.5, 0.6) is 0 Å². The Kier molecular flexibility index (Phi) is 3.05. The molecule has 5 heteroatoms. The summed E-state index contributed by atoms with van der Waals surface area (Å²) in [5, 5.41) is 4.84. The second kappa shape index (κ2) is 4.72. The Morgan fingerprint density at radius 2 is 2.26 bits per heavy atom. The van der Waals surface area contributed by atoms with Crippen molar-refractivity contribution in [2.75, 3.05) is 7.05 Å². The van der Waals surface area contributed by atoms with E-state index in [1.54, 1.807) is 6.20 Å². The number of hydrogen-bond acceptors (Lipinski definition) is 3. The molecule has 0 bridgehead atoms. The Hall–Kier alpha value is -1.78. The lowest BCUT2D eigenvalue weighted by atomic mass is 10.2. The van der Waals surface area contributed by atoms with Crippen LogP contribution in [-0.4, -0.2) is 16.6 Å². The summed E-state index contributed by atoms with van der Waals surface area (Å²) in [6, 6.07) is 7.63. The van der Waals surface area contributed by atoms with Crippen LogP contribution in [0, 0.1) is 0 Å². The maximum Gasteiger partial charge on any atom is 0.152 e. The number of benzene rings is 1. The molecule has 98 valence electrons. The van der Waals surface area contributed by atoms with Crippen LogP contribution in [0.4, 0.5) is 0 Å².